The summed E-state index contributed by atoms with van der Waals surface area (Å²) in [6.07, 6.45) is 1.11. The molecular formula is C17H20ClNO. The molecule has 3 heteroatoms. The van der Waals surface area contributed by atoms with Gasteiger partial charge in [-0.15, -0.1) is 0 Å². The van der Waals surface area contributed by atoms with Crippen molar-refractivity contribution < 1.29 is 4.74 Å². The molecule has 1 N–H and O–H groups in total. The fourth-order valence-electron chi connectivity index (χ4n) is 1.99. The first kappa shape index (κ1) is 14.9. The minimum absolute atomic E-state index is 0.731. The molecule has 0 fully saturated rings. The number of benzene rings is 2. The van der Waals surface area contributed by atoms with Gasteiger partial charge in [-0.25, -0.2) is 0 Å². The van der Waals surface area contributed by atoms with E-state index in [0.29, 0.717) is 0 Å². The minimum Gasteiger partial charge on any atom is -0.457 e. The second-order valence-electron chi connectivity index (χ2n) is 4.85. The number of aryl methyl sites for hydroxylation is 1. The molecule has 0 heterocycles. The van der Waals surface area contributed by atoms with Crippen molar-refractivity contribution in [2.24, 2.45) is 0 Å². The van der Waals surface area contributed by atoms with Crippen LogP contribution in [0.3, 0.4) is 0 Å². The van der Waals surface area contributed by atoms with E-state index in [0.717, 1.165) is 41.6 Å². The van der Waals surface area contributed by atoms with Crippen molar-refractivity contribution in [3.63, 3.8) is 0 Å². The molecule has 0 bridgehead atoms. The Morgan fingerprint density at radius 3 is 2.75 bits per heavy atom. The Balaban J connectivity index is 2.17. The maximum atomic E-state index is 6.07. The third-order valence-electron chi connectivity index (χ3n) is 2.98. The molecule has 2 rings (SSSR count). The second-order valence-corrected chi connectivity index (χ2v) is 5.28. The molecule has 0 amide bonds. The molecule has 2 nitrogen and oxygen atoms in total. The van der Waals surface area contributed by atoms with Crippen LogP contribution in [0.2, 0.25) is 5.02 Å². The molecule has 0 aliphatic rings. The lowest BCUT2D eigenvalue weighted by Gasteiger charge is -2.12. The van der Waals surface area contributed by atoms with Crippen LogP contribution in [0.5, 0.6) is 11.5 Å². The zero-order valence-electron chi connectivity index (χ0n) is 11.9. The van der Waals surface area contributed by atoms with E-state index in [1.54, 1.807) is 0 Å². The summed E-state index contributed by atoms with van der Waals surface area (Å²) in [7, 11) is 0. The van der Waals surface area contributed by atoms with Crippen LogP contribution in [0.25, 0.3) is 0 Å². The summed E-state index contributed by atoms with van der Waals surface area (Å²) in [5.74, 6) is 1.70. The first-order valence-corrected chi connectivity index (χ1v) is 7.30. The van der Waals surface area contributed by atoms with Crippen molar-refractivity contribution in [1.29, 1.82) is 0 Å². The monoisotopic (exact) mass is 289 g/mol. The number of nitrogens with one attached hydrogen (secondary N) is 1. The molecule has 0 atom stereocenters. The highest BCUT2D eigenvalue weighted by atomic mass is 35.5. The van der Waals surface area contributed by atoms with Gasteiger partial charge in [0.05, 0.1) is 0 Å². The molecule has 0 aromatic heterocycles. The maximum Gasteiger partial charge on any atom is 0.132 e. The largest absolute Gasteiger partial charge is 0.457 e. The lowest BCUT2D eigenvalue weighted by molar-refractivity contribution is 0.472. The van der Waals surface area contributed by atoms with E-state index in [2.05, 4.69) is 25.2 Å². The van der Waals surface area contributed by atoms with Crippen LogP contribution in [0.4, 0.5) is 0 Å². The molecule has 2 aromatic rings. The van der Waals surface area contributed by atoms with Gasteiger partial charge in [-0.2, -0.15) is 0 Å². The Kier molecular flexibility index (Phi) is 5.45. The number of ether oxygens (including phenoxy) is 1. The van der Waals surface area contributed by atoms with Gasteiger partial charge in [-0.3, -0.25) is 0 Å². The summed E-state index contributed by atoms with van der Waals surface area (Å²) >= 11 is 6.07. The molecule has 0 aliphatic heterocycles. The van der Waals surface area contributed by atoms with Gasteiger partial charge >= 0.3 is 0 Å². The zero-order valence-corrected chi connectivity index (χ0v) is 12.7. The van der Waals surface area contributed by atoms with Gasteiger partial charge in [-0.05, 0) is 55.8 Å². The normalized spacial score (nSPS) is 10.6. The molecule has 0 unspecified atom stereocenters. The van der Waals surface area contributed by atoms with Crippen molar-refractivity contribution in [2.45, 2.75) is 26.8 Å². The highest BCUT2D eigenvalue weighted by Crippen LogP contribution is 2.28. The summed E-state index contributed by atoms with van der Waals surface area (Å²) < 4.78 is 5.98. The highest BCUT2D eigenvalue weighted by molar-refractivity contribution is 6.30. The average Bonchev–Trinajstić information content (AvgIpc) is 2.42. The van der Waals surface area contributed by atoms with E-state index < -0.39 is 0 Å². The molecule has 0 saturated heterocycles. The van der Waals surface area contributed by atoms with E-state index in [9.17, 15) is 0 Å². The van der Waals surface area contributed by atoms with Crippen molar-refractivity contribution >= 4 is 11.6 Å². The van der Waals surface area contributed by atoms with Crippen LogP contribution in [-0.2, 0) is 6.54 Å². The van der Waals surface area contributed by atoms with Crippen molar-refractivity contribution in [1.82, 2.24) is 5.32 Å². The fraction of sp³-hybridized carbons (Fsp3) is 0.294. The fourth-order valence-corrected chi connectivity index (χ4v) is 2.19. The Morgan fingerprint density at radius 2 is 2.00 bits per heavy atom. The van der Waals surface area contributed by atoms with Gasteiger partial charge in [-0.1, -0.05) is 30.7 Å². The predicted octanol–water partition coefficient (Wildman–Crippen LogP) is 4.94. The summed E-state index contributed by atoms with van der Waals surface area (Å²) in [5, 5.41) is 4.11. The van der Waals surface area contributed by atoms with Gasteiger partial charge in [0.1, 0.15) is 11.5 Å². The number of rotatable bonds is 6. The minimum atomic E-state index is 0.731. The van der Waals surface area contributed by atoms with Gasteiger partial charge < -0.3 is 10.1 Å². The van der Waals surface area contributed by atoms with Crippen LogP contribution >= 0.6 is 11.6 Å². The maximum absolute atomic E-state index is 6.07. The molecule has 0 radical (unpaired) electrons. The topological polar surface area (TPSA) is 21.3 Å². The number of halogens is 1. The van der Waals surface area contributed by atoms with Gasteiger partial charge in [0.25, 0.3) is 0 Å². The molecule has 0 spiro atoms. The summed E-state index contributed by atoms with van der Waals surface area (Å²) in [6.45, 7) is 5.94. The van der Waals surface area contributed by atoms with E-state index in [4.69, 9.17) is 16.3 Å². The van der Waals surface area contributed by atoms with E-state index in [1.165, 1.54) is 5.56 Å². The Labute approximate surface area is 125 Å². The SMILES string of the molecule is CCCNCc1cc(Cl)ccc1Oc1cccc(C)c1. The summed E-state index contributed by atoms with van der Waals surface area (Å²) in [4.78, 5) is 0. The van der Waals surface area contributed by atoms with Crippen molar-refractivity contribution in [3.8, 4) is 11.5 Å². The quantitative estimate of drug-likeness (QED) is 0.761. The first-order valence-electron chi connectivity index (χ1n) is 6.92. The van der Waals surface area contributed by atoms with Gasteiger partial charge in [0.15, 0.2) is 0 Å². The smallest absolute Gasteiger partial charge is 0.132 e. The van der Waals surface area contributed by atoms with Crippen LogP contribution in [0.1, 0.15) is 24.5 Å². The van der Waals surface area contributed by atoms with Crippen LogP contribution < -0.4 is 10.1 Å². The average molecular weight is 290 g/mol. The lowest BCUT2D eigenvalue weighted by Crippen LogP contribution is -2.14. The number of hydrogen-bond donors (Lipinski definition) is 1. The van der Waals surface area contributed by atoms with Crippen LogP contribution in [0.15, 0.2) is 42.5 Å². The molecule has 20 heavy (non-hydrogen) atoms. The standard InChI is InChI=1S/C17H20ClNO/c1-3-9-19-12-14-11-15(18)7-8-17(14)20-16-6-4-5-13(2)10-16/h4-8,10-11,19H,3,9,12H2,1-2H3. The highest BCUT2D eigenvalue weighted by Gasteiger charge is 2.06. The molecule has 106 valence electrons. The van der Waals surface area contributed by atoms with Crippen LogP contribution in [0, 0.1) is 6.92 Å². The second kappa shape index (κ2) is 7.32. The first-order chi connectivity index (χ1) is 9.69. The van der Waals surface area contributed by atoms with Crippen molar-refractivity contribution in [3.05, 3.63) is 58.6 Å². The third kappa shape index (κ3) is 4.26. The molecule has 0 aliphatic carbocycles. The lowest BCUT2D eigenvalue weighted by atomic mass is 10.2. The van der Waals surface area contributed by atoms with E-state index >= 15 is 0 Å². The van der Waals surface area contributed by atoms with E-state index in [-0.39, 0.29) is 0 Å². The van der Waals surface area contributed by atoms with Crippen molar-refractivity contribution in [2.75, 3.05) is 6.54 Å². The molecule has 0 saturated carbocycles. The summed E-state index contributed by atoms with van der Waals surface area (Å²) in [5.41, 5.74) is 2.26. The molecular weight excluding hydrogens is 270 g/mol. The Morgan fingerprint density at radius 1 is 1.15 bits per heavy atom. The third-order valence-corrected chi connectivity index (χ3v) is 3.22. The zero-order chi connectivity index (χ0) is 14.4. The van der Waals surface area contributed by atoms with Gasteiger partial charge in [0, 0.05) is 17.1 Å². The Hall–Kier alpha value is -1.51. The van der Waals surface area contributed by atoms with Gasteiger partial charge in [0.2, 0.25) is 0 Å². The van der Waals surface area contributed by atoms with Crippen LogP contribution in [-0.4, -0.2) is 6.54 Å². The molecule has 2 aromatic carbocycles. The number of hydrogen-bond acceptors (Lipinski definition) is 2. The predicted molar refractivity (Wildman–Crippen MR) is 84.7 cm³/mol. The summed E-state index contributed by atoms with van der Waals surface area (Å²) in [6, 6.07) is 13.8. The Bertz CT molecular complexity index is 569. The van der Waals surface area contributed by atoms with E-state index in [1.807, 2.05) is 36.4 Å².